The van der Waals surface area contributed by atoms with Gasteiger partial charge in [-0.2, -0.15) is 0 Å². The maximum atomic E-state index is 12.9. The van der Waals surface area contributed by atoms with Crippen molar-refractivity contribution < 1.29 is 43.1 Å². The quantitative estimate of drug-likeness (QED) is 0.0353. The Bertz CT molecular complexity index is 1290. The molecule has 7 N–H and O–H groups in total. The first kappa shape index (κ1) is 39.0. The van der Waals surface area contributed by atoms with Crippen LogP contribution in [-0.2, 0) is 49.5 Å². The SMILES string of the molecule is CNC(=O)CNCCOCNC(=O)CNC(=O)[C@H](Cc1ccccc1)NC(=O)CNC(=O)CNC(=O)CCCCCN1C(=O)C=CC1=O. The van der Waals surface area contributed by atoms with Crippen LogP contribution in [0.25, 0.3) is 0 Å². The molecule has 0 aromatic heterocycles. The molecule has 0 spiro atoms. The number of likely N-dealkylation sites (N-methyl/N-ethyl adjacent to an activating group) is 1. The van der Waals surface area contributed by atoms with Crippen molar-refractivity contribution in [3.8, 4) is 0 Å². The van der Waals surface area contributed by atoms with Crippen molar-refractivity contribution in [2.75, 3.05) is 59.7 Å². The van der Waals surface area contributed by atoms with Crippen LogP contribution in [0.4, 0.5) is 0 Å². The van der Waals surface area contributed by atoms with Crippen molar-refractivity contribution in [2.24, 2.45) is 0 Å². The highest BCUT2D eigenvalue weighted by Gasteiger charge is 2.23. The van der Waals surface area contributed by atoms with Crippen LogP contribution in [0.15, 0.2) is 42.5 Å². The Morgan fingerprint density at radius 2 is 1.38 bits per heavy atom. The second kappa shape index (κ2) is 22.4. The lowest BCUT2D eigenvalue weighted by Gasteiger charge is -2.19. The molecule has 2 rings (SSSR count). The average molecular weight is 673 g/mol. The number of carbonyl (C=O) groups excluding carboxylic acids is 8. The zero-order valence-electron chi connectivity index (χ0n) is 26.9. The largest absolute Gasteiger partial charge is 0.360 e. The van der Waals surface area contributed by atoms with Gasteiger partial charge >= 0.3 is 0 Å². The number of hydrogen-bond acceptors (Lipinski definition) is 10. The van der Waals surface area contributed by atoms with Crippen LogP contribution in [0.1, 0.15) is 31.2 Å². The summed E-state index contributed by atoms with van der Waals surface area (Å²) in [5.41, 5.74) is 0.752. The summed E-state index contributed by atoms with van der Waals surface area (Å²) in [6.45, 7) is -0.234. The number of hydrogen-bond donors (Lipinski definition) is 7. The van der Waals surface area contributed by atoms with E-state index in [4.69, 9.17) is 4.74 Å². The maximum absolute atomic E-state index is 12.9. The van der Waals surface area contributed by atoms with Crippen molar-refractivity contribution in [1.29, 1.82) is 0 Å². The van der Waals surface area contributed by atoms with E-state index in [1.165, 1.54) is 19.2 Å². The first-order chi connectivity index (χ1) is 23.1. The summed E-state index contributed by atoms with van der Waals surface area (Å²) in [7, 11) is 1.53. The predicted octanol–water partition coefficient (Wildman–Crippen LogP) is -3.03. The predicted molar refractivity (Wildman–Crippen MR) is 171 cm³/mol. The summed E-state index contributed by atoms with van der Waals surface area (Å²) < 4.78 is 5.25. The standard InChI is InChI=1S/C31H44N8O9/c1-32-25(41)17-33-13-15-48-21-37-27(43)19-36-31(47)23(16-22-8-4-2-5-9-22)38-28(44)20-35-26(42)18-34-24(40)10-6-3-7-14-39-29(45)11-12-30(39)46/h2,4-5,8-9,11-12,23,33H,3,6-7,10,13-21H2,1H3,(H,32,41)(H,34,40)(H,35,42)(H,36,47)(H,37,43)(H,38,44)/t23-/m0/s1. The van der Waals surface area contributed by atoms with Gasteiger partial charge in [0.15, 0.2) is 0 Å². The number of rotatable bonds is 23. The minimum Gasteiger partial charge on any atom is -0.360 e. The number of nitrogens with one attached hydrogen (secondary N) is 7. The summed E-state index contributed by atoms with van der Waals surface area (Å²) in [6, 6.07) is 7.85. The smallest absolute Gasteiger partial charge is 0.253 e. The molecule has 0 bridgehead atoms. The van der Waals surface area contributed by atoms with Gasteiger partial charge in [-0.05, 0) is 18.4 Å². The highest BCUT2D eigenvalue weighted by Crippen LogP contribution is 2.08. The lowest BCUT2D eigenvalue weighted by Crippen LogP contribution is -2.52. The number of carbonyl (C=O) groups is 8. The Kier molecular flexibility index (Phi) is 18.2. The van der Waals surface area contributed by atoms with E-state index in [2.05, 4.69) is 37.2 Å². The minimum atomic E-state index is -1.05. The molecule has 1 aliphatic heterocycles. The molecule has 0 saturated heterocycles. The number of nitrogens with zero attached hydrogens (tertiary/aromatic N) is 1. The second-order valence-corrected chi connectivity index (χ2v) is 10.6. The second-order valence-electron chi connectivity index (χ2n) is 10.6. The molecule has 17 heteroatoms. The van der Waals surface area contributed by atoms with Crippen molar-refractivity contribution >= 4 is 47.3 Å². The van der Waals surface area contributed by atoms with Gasteiger partial charge < -0.3 is 42.0 Å². The van der Waals surface area contributed by atoms with Gasteiger partial charge in [0.25, 0.3) is 11.8 Å². The molecule has 48 heavy (non-hydrogen) atoms. The third-order valence-corrected chi connectivity index (χ3v) is 6.79. The molecule has 0 fully saturated rings. The van der Waals surface area contributed by atoms with Crippen LogP contribution >= 0.6 is 0 Å². The summed E-state index contributed by atoms with van der Waals surface area (Å²) in [5, 5.41) is 17.7. The number of amides is 8. The highest BCUT2D eigenvalue weighted by atomic mass is 16.5. The van der Waals surface area contributed by atoms with Gasteiger partial charge in [-0.1, -0.05) is 36.8 Å². The number of ether oxygens (including phenoxy) is 1. The Morgan fingerprint density at radius 1 is 0.729 bits per heavy atom. The van der Waals surface area contributed by atoms with Gasteiger partial charge in [-0.15, -0.1) is 0 Å². The fourth-order valence-electron chi connectivity index (χ4n) is 4.19. The van der Waals surface area contributed by atoms with Gasteiger partial charge in [-0.3, -0.25) is 43.3 Å². The monoisotopic (exact) mass is 672 g/mol. The normalized spacial score (nSPS) is 12.6. The molecule has 1 atom stereocenters. The van der Waals surface area contributed by atoms with E-state index in [1.54, 1.807) is 30.3 Å². The first-order valence-electron chi connectivity index (χ1n) is 15.5. The molecule has 0 aliphatic carbocycles. The molecule has 17 nitrogen and oxygen atoms in total. The fourth-order valence-corrected chi connectivity index (χ4v) is 4.19. The van der Waals surface area contributed by atoms with E-state index in [-0.39, 0.29) is 76.0 Å². The van der Waals surface area contributed by atoms with E-state index < -0.39 is 36.2 Å². The lowest BCUT2D eigenvalue weighted by atomic mass is 10.1. The van der Waals surface area contributed by atoms with E-state index in [0.29, 0.717) is 25.8 Å². The molecule has 0 saturated carbocycles. The zero-order chi connectivity index (χ0) is 35.1. The Labute approximate surface area is 278 Å². The topological polar surface area (TPSA) is 233 Å². The number of benzene rings is 1. The Balaban J connectivity index is 1.66. The molecular weight excluding hydrogens is 628 g/mol. The van der Waals surface area contributed by atoms with Crippen LogP contribution in [-0.4, -0.2) is 118 Å². The van der Waals surface area contributed by atoms with Crippen molar-refractivity contribution in [3.63, 3.8) is 0 Å². The molecular formula is C31H44N8O9. The molecule has 0 unspecified atom stereocenters. The fraction of sp³-hybridized carbons (Fsp3) is 0.484. The average Bonchev–Trinajstić information content (AvgIpc) is 3.40. The Morgan fingerprint density at radius 3 is 2.08 bits per heavy atom. The minimum absolute atomic E-state index is 0.107. The zero-order valence-corrected chi connectivity index (χ0v) is 26.9. The molecule has 0 radical (unpaired) electrons. The van der Waals surface area contributed by atoms with Gasteiger partial charge in [0.05, 0.1) is 32.8 Å². The first-order valence-corrected chi connectivity index (χ1v) is 15.5. The summed E-state index contributed by atoms with van der Waals surface area (Å²) >= 11 is 0. The molecule has 1 aliphatic rings. The van der Waals surface area contributed by atoms with Crippen LogP contribution in [0.2, 0.25) is 0 Å². The summed E-state index contributed by atoms with van der Waals surface area (Å²) in [4.78, 5) is 97.2. The maximum Gasteiger partial charge on any atom is 0.253 e. The van der Waals surface area contributed by atoms with E-state index in [1.807, 2.05) is 0 Å². The number of imide groups is 1. The van der Waals surface area contributed by atoms with Crippen LogP contribution in [0, 0.1) is 0 Å². The third kappa shape index (κ3) is 16.4. The molecule has 1 aromatic rings. The van der Waals surface area contributed by atoms with Crippen LogP contribution in [0.5, 0.6) is 0 Å². The van der Waals surface area contributed by atoms with Gasteiger partial charge in [-0.25, -0.2) is 0 Å². The van der Waals surface area contributed by atoms with E-state index in [0.717, 1.165) is 10.5 Å². The third-order valence-electron chi connectivity index (χ3n) is 6.79. The van der Waals surface area contributed by atoms with Gasteiger partial charge in [0.2, 0.25) is 35.4 Å². The molecule has 1 heterocycles. The van der Waals surface area contributed by atoms with Gasteiger partial charge in [0.1, 0.15) is 12.8 Å². The Hall–Kier alpha value is -5.16. The van der Waals surface area contributed by atoms with Gasteiger partial charge in [0, 0.05) is 45.1 Å². The summed E-state index contributed by atoms with van der Waals surface area (Å²) in [5.74, 6) is -3.63. The van der Waals surface area contributed by atoms with Crippen molar-refractivity contribution in [1.82, 2.24) is 42.1 Å². The molecule has 1 aromatic carbocycles. The highest BCUT2D eigenvalue weighted by molar-refractivity contribution is 6.12. The van der Waals surface area contributed by atoms with Crippen molar-refractivity contribution in [2.45, 2.75) is 38.1 Å². The van der Waals surface area contributed by atoms with Crippen LogP contribution < -0.4 is 37.2 Å². The van der Waals surface area contributed by atoms with E-state index in [9.17, 15) is 38.4 Å². The lowest BCUT2D eigenvalue weighted by molar-refractivity contribution is -0.137. The summed E-state index contributed by atoms with van der Waals surface area (Å²) in [6.07, 6.45) is 4.36. The van der Waals surface area contributed by atoms with Crippen molar-refractivity contribution in [3.05, 3.63) is 48.0 Å². The van der Waals surface area contributed by atoms with E-state index >= 15 is 0 Å². The number of unbranched alkanes of at least 4 members (excludes halogenated alkanes) is 2. The molecule has 8 amide bonds. The van der Waals surface area contributed by atoms with Crippen LogP contribution in [0.3, 0.4) is 0 Å². The molecule has 262 valence electrons.